The number of rotatable bonds is 8. The topological polar surface area (TPSA) is 54.2 Å². The van der Waals surface area contributed by atoms with Crippen molar-refractivity contribution in [2.45, 2.75) is 20.4 Å². The van der Waals surface area contributed by atoms with Gasteiger partial charge >= 0.3 is 0 Å². The SMILES string of the molecule is CCN(CC)CCn1nc(/C=C/c2ccc(Br)cc2)nc1-c1ccccc1O. The van der Waals surface area contributed by atoms with Crippen LogP contribution in [-0.4, -0.2) is 44.4 Å². The van der Waals surface area contributed by atoms with Crippen LogP contribution >= 0.6 is 15.9 Å². The van der Waals surface area contributed by atoms with Crippen molar-refractivity contribution in [1.29, 1.82) is 0 Å². The standard InChI is InChI=1S/C22H25BrN4O/c1-3-26(4-2)15-16-27-22(19-7-5-6-8-20(19)28)24-21(25-27)14-11-17-9-12-18(23)13-10-17/h5-14,28H,3-4,15-16H2,1-2H3/b14-11+. The van der Waals surface area contributed by atoms with Crippen molar-refractivity contribution in [3.8, 4) is 17.1 Å². The van der Waals surface area contributed by atoms with Crippen LogP contribution < -0.4 is 0 Å². The van der Waals surface area contributed by atoms with Crippen LogP contribution in [-0.2, 0) is 6.54 Å². The van der Waals surface area contributed by atoms with Crippen molar-refractivity contribution in [3.63, 3.8) is 0 Å². The van der Waals surface area contributed by atoms with Gasteiger partial charge in [0.15, 0.2) is 11.6 Å². The molecule has 0 bridgehead atoms. The first-order chi connectivity index (χ1) is 13.6. The summed E-state index contributed by atoms with van der Waals surface area (Å²) in [6, 6.07) is 15.3. The first kappa shape index (κ1) is 20.3. The van der Waals surface area contributed by atoms with Gasteiger partial charge in [-0.25, -0.2) is 9.67 Å². The van der Waals surface area contributed by atoms with Crippen molar-refractivity contribution in [3.05, 3.63) is 64.4 Å². The Labute approximate surface area is 174 Å². The number of para-hydroxylation sites is 1. The maximum absolute atomic E-state index is 10.3. The molecule has 28 heavy (non-hydrogen) atoms. The first-order valence-corrected chi connectivity index (χ1v) is 10.3. The molecule has 1 heterocycles. The van der Waals surface area contributed by atoms with Crippen LogP contribution in [0.5, 0.6) is 5.75 Å². The number of phenols is 1. The normalized spacial score (nSPS) is 11.6. The van der Waals surface area contributed by atoms with E-state index in [1.807, 2.05) is 59.3 Å². The molecule has 0 fully saturated rings. The van der Waals surface area contributed by atoms with Crippen molar-refractivity contribution in [2.24, 2.45) is 0 Å². The Morgan fingerprint density at radius 3 is 2.43 bits per heavy atom. The third kappa shape index (κ3) is 5.09. The number of hydrogen-bond donors (Lipinski definition) is 1. The minimum atomic E-state index is 0.211. The number of likely N-dealkylation sites (N-methyl/N-ethyl adjacent to an activating group) is 1. The largest absolute Gasteiger partial charge is 0.507 e. The van der Waals surface area contributed by atoms with Crippen molar-refractivity contribution >= 4 is 28.1 Å². The van der Waals surface area contributed by atoms with Gasteiger partial charge in [0.2, 0.25) is 0 Å². The van der Waals surface area contributed by atoms with Crippen LogP contribution in [0.15, 0.2) is 53.0 Å². The van der Waals surface area contributed by atoms with Crippen LogP contribution in [0.2, 0.25) is 0 Å². The Morgan fingerprint density at radius 2 is 1.75 bits per heavy atom. The number of aromatic hydroxyl groups is 1. The highest BCUT2D eigenvalue weighted by Crippen LogP contribution is 2.27. The van der Waals surface area contributed by atoms with Crippen molar-refractivity contribution < 1.29 is 5.11 Å². The average Bonchev–Trinajstić information content (AvgIpc) is 3.11. The van der Waals surface area contributed by atoms with E-state index >= 15 is 0 Å². The molecule has 0 aliphatic carbocycles. The summed E-state index contributed by atoms with van der Waals surface area (Å²) in [5.74, 6) is 1.52. The molecule has 6 heteroatoms. The second-order valence-corrected chi connectivity index (χ2v) is 7.36. The summed E-state index contributed by atoms with van der Waals surface area (Å²) < 4.78 is 2.93. The maximum atomic E-state index is 10.3. The highest BCUT2D eigenvalue weighted by atomic mass is 79.9. The highest BCUT2D eigenvalue weighted by Gasteiger charge is 2.14. The Bertz CT molecular complexity index is 930. The van der Waals surface area contributed by atoms with Crippen molar-refractivity contribution in [2.75, 3.05) is 19.6 Å². The van der Waals surface area contributed by atoms with Crippen LogP contribution in [0.3, 0.4) is 0 Å². The van der Waals surface area contributed by atoms with E-state index in [1.54, 1.807) is 6.07 Å². The van der Waals surface area contributed by atoms with E-state index in [0.29, 0.717) is 23.8 Å². The molecule has 0 radical (unpaired) electrons. The molecule has 0 unspecified atom stereocenters. The zero-order valence-electron chi connectivity index (χ0n) is 16.2. The molecule has 1 N–H and O–H groups in total. The lowest BCUT2D eigenvalue weighted by atomic mass is 10.2. The summed E-state index contributed by atoms with van der Waals surface area (Å²) in [6.07, 6.45) is 3.89. The quantitative estimate of drug-likeness (QED) is 0.539. The van der Waals surface area contributed by atoms with Gasteiger partial charge in [-0.3, -0.25) is 0 Å². The molecule has 0 amide bonds. The molecule has 0 aliphatic heterocycles. The molecule has 0 saturated heterocycles. The number of phenolic OH excluding ortho intramolecular Hbond substituents is 1. The van der Waals surface area contributed by atoms with E-state index in [0.717, 1.165) is 29.7 Å². The molecule has 146 valence electrons. The number of nitrogens with zero attached hydrogens (tertiary/aromatic N) is 4. The molecule has 1 aromatic heterocycles. The number of halogens is 1. The van der Waals surface area contributed by atoms with Crippen LogP contribution in [0, 0.1) is 0 Å². The molecular weight excluding hydrogens is 416 g/mol. The molecule has 0 spiro atoms. The van der Waals surface area contributed by atoms with E-state index in [2.05, 4.69) is 44.8 Å². The fraction of sp³-hybridized carbons (Fsp3) is 0.273. The second kappa shape index (κ2) is 9.66. The molecule has 0 atom stereocenters. The smallest absolute Gasteiger partial charge is 0.174 e. The summed E-state index contributed by atoms with van der Waals surface area (Å²) in [7, 11) is 0. The van der Waals surface area contributed by atoms with E-state index in [1.165, 1.54) is 0 Å². The first-order valence-electron chi connectivity index (χ1n) is 9.50. The Balaban J connectivity index is 1.90. The van der Waals surface area contributed by atoms with Crippen molar-refractivity contribution in [1.82, 2.24) is 19.7 Å². The second-order valence-electron chi connectivity index (χ2n) is 6.45. The maximum Gasteiger partial charge on any atom is 0.174 e. The molecule has 0 aliphatic rings. The van der Waals surface area contributed by atoms with Gasteiger partial charge in [-0.05, 0) is 49.0 Å². The van der Waals surface area contributed by atoms with E-state index < -0.39 is 0 Å². The van der Waals surface area contributed by atoms with E-state index in [-0.39, 0.29) is 5.75 Å². The van der Waals surface area contributed by atoms with Crippen LogP contribution in [0.1, 0.15) is 25.2 Å². The molecule has 2 aromatic carbocycles. The third-order valence-electron chi connectivity index (χ3n) is 4.65. The Morgan fingerprint density at radius 1 is 1.04 bits per heavy atom. The molecule has 5 nitrogen and oxygen atoms in total. The summed E-state index contributed by atoms with van der Waals surface area (Å²) in [5.41, 5.74) is 1.77. The Hall–Kier alpha value is -2.44. The van der Waals surface area contributed by atoms with Crippen LogP contribution in [0.4, 0.5) is 0 Å². The predicted octanol–water partition coefficient (Wildman–Crippen LogP) is 4.93. The molecular formula is C22H25BrN4O. The van der Waals surface area contributed by atoms with E-state index in [9.17, 15) is 5.11 Å². The summed E-state index contributed by atoms with van der Waals surface area (Å²) in [5, 5.41) is 15.0. The number of hydrogen-bond acceptors (Lipinski definition) is 4. The lowest BCUT2D eigenvalue weighted by Crippen LogP contribution is -2.27. The fourth-order valence-electron chi connectivity index (χ4n) is 2.97. The zero-order valence-corrected chi connectivity index (χ0v) is 17.8. The summed E-state index contributed by atoms with van der Waals surface area (Å²) in [4.78, 5) is 7.02. The zero-order chi connectivity index (χ0) is 19.9. The lowest BCUT2D eigenvalue weighted by Gasteiger charge is -2.18. The monoisotopic (exact) mass is 440 g/mol. The minimum absolute atomic E-state index is 0.211. The predicted molar refractivity (Wildman–Crippen MR) is 118 cm³/mol. The minimum Gasteiger partial charge on any atom is -0.507 e. The van der Waals surface area contributed by atoms with Gasteiger partial charge in [0.05, 0.1) is 12.1 Å². The van der Waals surface area contributed by atoms with Gasteiger partial charge < -0.3 is 10.0 Å². The fourth-order valence-corrected chi connectivity index (χ4v) is 3.23. The lowest BCUT2D eigenvalue weighted by molar-refractivity contribution is 0.286. The molecule has 3 rings (SSSR count). The molecule has 0 saturated carbocycles. The number of benzene rings is 2. The van der Waals surface area contributed by atoms with Gasteiger partial charge in [-0.2, -0.15) is 5.10 Å². The summed E-state index contributed by atoms with van der Waals surface area (Å²) in [6.45, 7) is 7.89. The van der Waals surface area contributed by atoms with Crippen LogP contribution in [0.25, 0.3) is 23.5 Å². The Kier molecular flexibility index (Phi) is 7.01. The molecule has 3 aromatic rings. The summed E-state index contributed by atoms with van der Waals surface area (Å²) >= 11 is 3.45. The van der Waals surface area contributed by atoms with Gasteiger partial charge in [0.25, 0.3) is 0 Å². The van der Waals surface area contributed by atoms with Gasteiger partial charge in [0.1, 0.15) is 5.75 Å². The highest BCUT2D eigenvalue weighted by molar-refractivity contribution is 9.10. The van der Waals surface area contributed by atoms with Gasteiger partial charge in [0, 0.05) is 11.0 Å². The number of aromatic nitrogens is 3. The van der Waals surface area contributed by atoms with E-state index in [4.69, 9.17) is 0 Å². The van der Waals surface area contributed by atoms with Gasteiger partial charge in [-0.15, -0.1) is 0 Å². The average molecular weight is 441 g/mol. The van der Waals surface area contributed by atoms with Gasteiger partial charge in [-0.1, -0.05) is 60.1 Å². The third-order valence-corrected chi connectivity index (χ3v) is 5.18.